The van der Waals surface area contributed by atoms with Gasteiger partial charge in [-0.05, 0) is 35.4 Å². The summed E-state index contributed by atoms with van der Waals surface area (Å²) in [6.45, 7) is -0.185. The highest BCUT2D eigenvalue weighted by atomic mass is 35.5. The fraction of sp³-hybridized carbons (Fsp3) is 0.0800. The third-order valence-electron chi connectivity index (χ3n) is 5.31. The van der Waals surface area contributed by atoms with Crippen LogP contribution in [-0.4, -0.2) is 15.5 Å². The molecule has 2 aromatic heterocycles. The molecular formula is C25H18ClN3O3. The molecule has 32 heavy (non-hydrogen) atoms. The number of carbonyl (C=O) groups excluding carboxylic acids is 1. The number of rotatable bonds is 5. The van der Waals surface area contributed by atoms with E-state index in [2.05, 4.69) is 10.3 Å². The lowest BCUT2D eigenvalue weighted by Crippen LogP contribution is -2.35. The molecule has 0 aliphatic rings. The second kappa shape index (κ2) is 8.32. The maximum absolute atomic E-state index is 12.9. The van der Waals surface area contributed by atoms with E-state index in [9.17, 15) is 9.59 Å². The lowest BCUT2D eigenvalue weighted by atomic mass is 9.98. The number of benzene rings is 3. The van der Waals surface area contributed by atoms with Crippen molar-refractivity contribution in [2.24, 2.45) is 0 Å². The topological polar surface area (TPSA) is 77.1 Å². The molecule has 5 aromatic rings. The highest BCUT2D eigenvalue weighted by molar-refractivity contribution is 6.30. The van der Waals surface area contributed by atoms with Crippen molar-refractivity contribution in [3.63, 3.8) is 0 Å². The molecule has 6 nitrogen and oxygen atoms in total. The molecule has 0 saturated heterocycles. The van der Waals surface area contributed by atoms with Crippen LogP contribution in [-0.2, 0) is 11.3 Å². The van der Waals surface area contributed by atoms with E-state index >= 15 is 0 Å². The average molecular weight is 444 g/mol. The van der Waals surface area contributed by atoms with Crippen LogP contribution in [0.25, 0.3) is 22.1 Å². The number of fused-ring (bicyclic) bond motifs is 3. The first-order chi connectivity index (χ1) is 15.6. The normalized spacial score (nSPS) is 12.2. The van der Waals surface area contributed by atoms with Gasteiger partial charge in [0.05, 0.1) is 12.4 Å². The zero-order valence-corrected chi connectivity index (χ0v) is 17.6. The van der Waals surface area contributed by atoms with Gasteiger partial charge in [0.2, 0.25) is 11.5 Å². The van der Waals surface area contributed by atoms with E-state index in [0.29, 0.717) is 16.1 Å². The van der Waals surface area contributed by atoms with Gasteiger partial charge in [0, 0.05) is 10.4 Å². The molecule has 0 bridgehead atoms. The quantitative estimate of drug-likeness (QED) is 0.427. The Morgan fingerprint density at radius 3 is 2.44 bits per heavy atom. The summed E-state index contributed by atoms with van der Waals surface area (Å²) >= 11 is 6.03. The van der Waals surface area contributed by atoms with Crippen LogP contribution in [0.2, 0.25) is 5.02 Å². The molecule has 1 N–H and O–H groups in total. The van der Waals surface area contributed by atoms with Crippen molar-refractivity contribution in [3.05, 3.63) is 112 Å². The number of carbonyl (C=O) groups is 1. The molecule has 0 radical (unpaired) electrons. The Morgan fingerprint density at radius 1 is 0.969 bits per heavy atom. The van der Waals surface area contributed by atoms with Gasteiger partial charge in [0.25, 0.3) is 5.56 Å². The first-order valence-corrected chi connectivity index (χ1v) is 10.4. The predicted octanol–water partition coefficient (Wildman–Crippen LogP) is 4.70. The molecular weight excluding hydrogens is 426 g/mol. The smallest absolute Gasteiger partial charge is 0.297 e. The number of halogens is 1. The monoisotopic (exact) mass is 443 g/mol. The van der Waals surface area contributed by atoms with Gasteiger partial charge in [-0.3, -0.25) is 14.2 Å². The van der Waals surface area contributed by atoms with E-state index in [0.717, 1.165) is 16.5 Å². The molecule has 0 spiro atoms. The molecule has 0 aliphatic carbocycles. The van der Waals surface area contributed by atoms with Crippen molar-refractivity contribution in [1.82, 2.24) is 14.9 Å². The van der Waals surface area contributed by atoms with Crippen LogP contribution in [0.4, 0.5) is 0 Å². The fourth-order valence-electron chi connectivity index (χ4n) is 3.75. The van der Waals surface area contributed by atoms with Gasteiger partial charge in [-0.2, -0.15) is 0 Å². The number of furan rings is 1. The molecule has 1 unspecified atom stereocenters. The minimum atomic E-state index is -0.399. The number of amides is 1. The Bertz CT molecular complexity index is 1470. The number of hydrogen-bond acceptors (Lipinski definition) is 4. The molecule has 0 aliphatic heterocycles. The van der Waals surface area contributed by atoms with Gasteiger partial charge in [0.1, 0.15) is 17.6 Å². The molecule has 0 fully saturated rings. The molecule has 158 valence electrons. The number of nitrogens with zero attached hydrogens (tertiary/aromatic N) is 2. The summed E-state index contributed by atoms with van der Waals surface area (Å²) < 4.78 is 6.95. The molecule has 1 atom stereocenters. The Balaban J connectivity index is 1.45. The SMILES string of the molecule is O=C(Cn1cnc2c(oc3ccccc32)c1=O)NC(c1ccccc1)c1ccc(Cl)cc1. The molecule has 2 heterocycles. The Hall–Kier alpha value is -3.90. The van der Waals surface area contributed by atoms with E-state index in [1.807, 2.05) is 60.7 Å². The second-order valence-electron chi connectivity index (χ2n) is 7.42. The predicted molar refractivity (Wildman–Crippen MR) is 124 cm³/mol. The Morgan fingerprint density at radius 2 is 1.66 bits per heavy atom. The average Bonchev–Trinajstić information content (AvgIpc) is 3.20. The maximum Gasteiger partial charge on any atom is 0.297 e. The third-order valence-corrected chi connectivity index (χ3v) is 5.56. The van der Waals surface area contributed by atoms with E-state index in [1.54, 1.807) is 18.2 Å². The summed E-state index contributed by atoms with van der Waals surface area (Å²) in [6, 6.07) is 23.8. The van der Waals surface area contributed by atoms with Crippen molar-refractivity contribution < 1.29 is 9.21 Å². The van der Waals surface area contributed by atoms with E-state index in [1.165, 1.54) is 10.9 Å². The lowest BCUT2D eigenvalue weighted by molar-refractivity contribution is -0.122. The number of aromatic nitrogens is 2. The van der Waals surface area contributed by atoms with E-state index in [-0.39, 0.29) is 24.1 Å². The van der Waals surface area contributed by atoms with Crippen molar-refractivity contribution in [2.75, 3.05) is 0 Å². The third kappa shape index (κ3) is 3.76. The van der Waals surface area contributed by atoms with Crippen LogP contribution in [0, 0.1) is 0 Å². The van der Waals surface area contributed by atoms with Crippen LogP contribution in [0.5, 0.6) is 0 Å². The summed E-state index contributed by atoms with van der Waals surface area (Å²) in [6.07, 6.45) is 1.38. The fourth-order valence-corrected chi connectivity index (χ4v) is 3.88. The van der Waals surface area contributed by atoms with Crippen molar-refractivity contribution in [2.45, 2.75) is 12.6 Å². The standard InChI is InChI=1S/C25H18ClN3O3/c26-18-12-10-17(11-13-18)22(16-6-2-1-3-7-16)28-21(30)14-29-15-27-23-19-8-4-5-9-20(19)32-24(23)25(29)31/h1-13,15,22H,14H2,(H,28,30). The first-order valence-electron chi connectivity index (χ1n) is 10.1. The number of hydrogen-bond donors (Lipinski definition) is 1. The minimum absolute atomic E-state index is 0.138. The van der Waals surface area contributed by atoms with E-state index in [4.69, 9.17) is 16.0 Å². The summed E-state index contributed by atoms with van der Waals surface area (Å²) in [4.78, 5) is 30.2. The van der Waals surface area contributed by atoms with Gasteiger partial charge in [-0.25, -0.2) is 4.98 Å². The highest BCUT2D eigenvalue weighted by Crippen LogP contribution is 2.25. The van der Waals surface area contributed by atoms with Gasteiger partial charge < -0.3 is 9.73 Å². The first kappa shape index (κ1) is 20.0. The number of nitrogens with one attached hydrogen (secondary N) is 1. The van der Waals surface area contributed by atoms with Gasteiger partial charge in [-0.15, -0.1) is 0 Å². The second-order valence-corrected chi connectivity index (χ2v) is 7.85. The van der Waals surface area contributed by atoms with Crippen LogP contribution < -0.4 is 10.9 Å². The highest BCUT2D eigenvalue weighted by Gasteiger charge is 2.19. The Kier molecular flexibility index (Phi) is 5.21. The van der Waals surface area contributed by atoms with Crippen LogP contribution in [0.15, 0.2) is 94.4 Å². The zero-order valence-electron chi connectivity index (χ0n) is 16.9. The maximum atomic E-state index is 12.9. The van der Waals surface area contributed by atoms with Gasteiger partial charge in [0.15, 0.2) is 0 Å². The van der Waals surface area contributed by atoms with Crippen LogP contribution >= 0.6 is 11.6 Å². The molecule has 1 amide bonds. The molecule has 3 aromatic carbocycles. The number of para-hydroxylation sites is 1. The van der Waals surface area contributed by atoms with E-state index < -0.39 is 5.56 Å². The summed E-state index contributed by atoms with van der Waals surface area (Å²) in [7, 11) is 0. The molecule has 0 saturated carbocycles. The van der Waals surface area contributed by atoms with Crippen molar-refractivity contribution >= 4 is 39.6 Å². The van der Waals surface area contributed by atoms with Gasteiger partial charge >= 0.3 is 0 Å². The van der Waals surface area contributed by atoms with Crippen LogP contribution in [0.1, 0.15) is 17.2 Å². The summed E-state index contributed by atoms with van der Waals surface area (Å²) in [5.41, 5.74) is 2.61. The summed E-state index contributed by atoms with van der Waals surface area (Å²) in [5, 5.41) is 4.40. The largest absolute Gasteiger partial charge is 0.448 e. The molecule has 5 rings (SSSR count). The lowest BCUT2D eigenvalue weighted by Gasteiger charge is -2.20. The van der Waals surface area contributed by atoms with Crippen molar-refractivity contribution in [1.29, 1.82) is 0 Å². The molecule has 7 heteroatoms. The Labute approximate surface area is 188 Å². The van der Waals surface area contributed by atoms with Crippen molar-refractivity contribution in [3.8, 4) is 0 Å². The summed E-state index contributed by atoms with van der Waals surface area (Å²) in [5.74, 6) is -0.326. The van der Waals surface area contributed by atoms with Gasteiger partial charge in [-0.1, -0.05) is 66.2 Å². The van der Waals surface area contributed by atoms with Crippen LogP contribution in [0.3, 0.4) is 0 Å². The zero-order chi connectivity index (χ0) is 22.1. The minimum Gasteiger partial charge on any atom is -0.448 e.